The first kappa shape index (κ1) is 13.2. The lowest BCUT2D eigenvalue weighted by Gasteiger charge is -2.38. The van der Waals surface area contributed by atoms with E-state index in [1.807, 2.05) is 20.2 Å². The van der Waals surface area contributed by atoms with E-state index < -0.39 is 0 Å². The highest BCUT2D eigenvalue weighted by molar-refractivity contribution is 5.61. The van der Waals surface area contributed by atoms with Crippen LogP contribution >= 0.6 is 0 Å². The predicted molar refractivity (Wildman–Crippen MR) is 76.2 cm³/mol. The molecule has 1 aromatic carbocycles. The van der Waals surface area contributed by atoms with Gasteiger partial charge in [-0.15, -0.1) is 0 Å². The zero-order chi connectivity index (χ0) is 13.5. The number of fused-ring (bicyclic) bond motifs is 1. The van der Waals surface area contributed by atoms with Crippen LogP contribution in [0.4, 0.5) is 5.69 Å². The van der Waals surface area contributed by atoms with Crippen LogP contribution < -0.4 is 5.32 Å². The molecule has 1 atom stereocenters. The average molecular weight is 248 g/mol. The summed E-state index contributed by atoms with van der Waals surface area (Å²) in [6.07, 6.45) is 1.09. The van der Waals surface area contributed by atoms with E-state index >= 15 is 0 Å². The van der Waals surface area contributed by atoms with Crippen LogP contribution in [-0.4, -0.2) is 29.6 Å². The predicted octanol–water partition coefficient (Wildman–Crippen LogP) is 3.15. The van der Waals surface area contributed by atoms with E-state index in [9.17, 15) is 5.11 Å². The summed E-state index contributed by atoms with van der Waals surface area (Å²) < 4.78 is 0. The topological polar surface area (TPSA) is 35.5 Å². The van der Waals surface area contributed by atoms with E-state index in [4.69, 9.17) is 0 Å². The van der Waals surface area contributed by atoms with Crippen molar-refractivity contribution < 1.29 is 5.11 Å². The Morgan fingerprint density at radius 1 is 1.39 bits per heavy atom. The molecule has 0 bridgehead atoms. The number of hydrogen-bond acceptors (Lipinski definition) is 3. The number of hydrogen-bond donors (Lipinski definition) is 2. The van der Waals surface area contributed by atoms with Crippen LogP contribution in [0.3, 0.4) is 0 Å². The van der Waals surface area contributed by atoms with Gasteiger partial charge in [0.2, 0.25) is 0 Å². The van der Waals surface area contributed by atoms with E-state index in [0.29, 0.717) is 11.7 Å². The summed E-state index contributed by atoms with van der Waals surface area (Å²) in [5.41, 5.74) is 3.51. The van der Waals surface area contributed by atoms with Crippen molar-refractivity contribution in [3.63, 3.8) is 0 Å². The number of phenols is 1. The lowest BCUT2D eigenvalue weighted by Crippen LogP contribution is -2.36. The quantitative estimate of drug-likeness (QED) is 0.789. The molecule has 1 aliphatic rings. The third kappa shape index (κ3) is 2.61. The van der Waals surface area contributed by atoms with Gasteiger partial charge in [-0.2, -0.15) is 0 Å². The second-order valence-electron chi connectivity index (χ2n) is 6.42. The molecule has 0 aromatic heterocycles. The Labute approximate surface area is 110 Å². The van der Waals surface area contributed by atoms with Crippen LogP contribution in [0.25, 0.3) is 0 Å². The standard InChI is InChI=1S/C15H24N2O/c1-10-8-15(2,3)16-13-6-11(9-17(4)5)14(18)7-12(10)13/h6-7,10,16,18H,8-9H2,1-5H3/t10-/m0/s1. The number of nitrogens with one attached hydrogen (secondary N) is 1. The van der Waals surface area contributed by atoms with E-state index in [1.54, 1.807) is 0 Å². The van der Waals surface area contributed by atoms with E-state index in [2.05, 4.69) is 37.1 Å². The zero-order valence-corrected chi connectivity index (χ0v) is 12.0. The maximum atomic E-state index is 10.1. The maximum Gasteiger partial charge on any atom is 0.120 e. The highest BCUT2D eigenvalue weighted by Gasteiger charge is 2.29. The first-order valence-corrected chi connectivity index (χ1v) is 6.57. The zero-order valence-electron chi connectivity index (χ0n) is 12.0. The fraction of sp³-hybridized carbons (Fsp3) is 0.600. The minimum Gasteiger partial charge on any atom is -0.508 e. The van der Waals surface area contributed by atoms with Crippen LogP contribution in [0.2, 0.25) is 0 Å². The summed E-state index contributed by atoms with van der Waals surface area (Å²) in [7, 11) is 4.03. The third-order valence-corrected chi connectivity index (χ3v) is 3.56. The Morgan fingerprint density at radius 2 is 2.06 bits per heavy atom. The number of anilines is 1. The Kier molecular flexibility index (Phi) is 3.28. The number of benzene rings is 1. The summed E-state index contributed by atoms with van der Waals surface area (Å²) in [4.78, 5) is 2.07. The molecule has 3 heteroatoms. The van der Waals surface area contributed by atoms with Crippen LogP contribution in [-0.2, 0) is 6.54 Å². The molecular weight excluding hydrogens is 224 g/mol. The number of phenolic OH excluding ortho intramolecular Hbond substituents is 1. The van der Waals surface area contributed by atoms with Gasteiger partial charge in [-0.05, 0) is 58.0 Å². The van der Waals surface area contributed by atoms with E-state index in [-0.39, 0.29) is 5.54 Å². The van der Waals surface area contributed by atoms with Crippen molar-refractivity contribution in [3.8, 4) is 5.75 Å². The summed E-state index contributed by atoms with van der Waals surface area (Å²) in [5.74, 6) is 0.895. The molecule has 0 unspecified atom stereocenters. The molecule has 0 amide bonds. The number of rotatable bonds is 2. The summed E-state index contributed by atoms with van der Waals surface area (Å²) in [5, 5.41) is 13.7. The molecule has 1 heterocycles. The van der Waals surface area contributed by atoms with Crippen molar-refractivity contribution in [1.29, 1.82) is 0 Å². The lowest BCUT2D eigenvalue weighted by molar-refractivity contribution is 0.384. The minimum absolute atomic E-state index is 0.124. The molecule has 0 fully saturated rings. The van der Waals surface area contributed by atoms with Gasteiger partial charge in [0, 0.05) is 23.3 Å². The molecule has 1 aromatic rings. The highest BCUT2D eigenvalue weighted by Crippen LogP contribution is 2.41. The SMILES string of the molecule is C[C@H]1CC(C)(C)Nc2cc(CN(C)C)c(O)cc21. The first-order chi connectivity index (χ1) is 8.28. The Morgan fingerprint density at radius 3 is 2.67 bits per heavy atom. The van der Waals surface area contributed by atoms with Gasteiger partial charge in [0.25, 0.3) is 0 Å². The molecule has 3 nitrogen and oxygen atoms in total. The van der Waals surface area contributed by atoms with Crippen molar-refractivity contribution in [2.24, 2.45) is 0 Å². The van der Waals surface area contributed by atoms with Gasteiger partial charge >= 0.3 is 0 Å². The monoisotopic (exact) mass is 248 g/mol. The van der Waals surface area contributed by atoms with Crippen LogP contribution in [0.1, 0.15) is 44.2 Å². The van der Waals surface area contributed by atoms with Crippen molar-refractivity contribution in [3.05, 3.63) is 23.3 Å². The molecule has 0 radical (unpaired) electrons. The van der Waals surface area contributed by atoms with Crippen LogP contribution in [0.15, 0.2) is 12.1 Å². The number of aromatic hydroxyl groups is 1. The van der Waals surface area contributed by atoms with Gasteiger partial charge in [-0.3, -0.25) is 0 Å². The summed E-state index contributed by atoms with van der Waals surface area (Å²) in [6, 6.07) is 4.03. The fourth-order valence-electron chi connectivity index (χ4n) is 2.92. The smallest absolute Gasteiger partial charge is 0.120 e. The Balaban J connectivity index is 2.41. The molecule has 2 N–H and O–H groups in total. The van der Waals surface area contributed by atoms with Crippen molar-refractivity contribution in [1.82, 2.24) is 4.90 Å². The Hall–Kier alpha value is -1.22. The Bertz CT molecular complexity index is 452. The summed E-state index contributed by atoms with van der Waals surface area (Å²) >= 11 is 0. The lowest BCUT2D eigenvalue weighted by atomic mass is 9.81. The van der Waals surface area contributed by atoms with E-state index in [1.165, 1.54) is 11.3 Å². The minimum atomic E-state index is 0.124. The molecule has 0 aliphatic carbocycles. The van der Waals surface area contributed by atoms with Crippen molar-refractivity contribution in [2.75, 3.05) is 19.4 Å². The van der Waals surface area contributed by atoms with Gasteiger partial charge < -0.3 is 15.3 Å². The average Bonchev–Trinajstić information content (AvgIpc) is 2.18. The van der Waals surface area contributed by atoms with Crippen LogP contribution in [0, 0.1) is 0 Å². The fourth-order valence-corrected chi connectivity index (χ4v) is 2.92. The largest absolute Gasteiger partial charge is 0.508 e. The third-order valence-electron chi connectivity index (χ3n) is 3.56. The molecule has 0 saturated heterocycles. The van der Waals surface area contributed by atoms with Gasteiger partial charge in [0.15, 0.2) is 0 Å². The molecule has 100 valence electrons. The van der Waals surface area contributed by atoms with Crippen molar-refractivity contribution >= 4 is 5.69 Å². The van der Waals surface area contributed by atoms with Gasteiger partial charge in [-0.25, -0.2) is 0 Å². The van der Waals surface area contributed by atoms with Gasteiger partial charge in [-0.1, -0.05) is 6.92 Å². The van der Waals surface area contributed by atoms with Crippen LogP contribution in [0.5, 0.6) is 5.75 Å². The molecule has 1 aliphatic heterocycles. The first-order valence-electron chi connectivity index (χ1n) is 6.57. The highest BCUT2D eigenvalue weighted by atomic mass is 16.3. The molecule has 0 saturated carbocycles. The molecule has 0 spiro atoms. The summed E-state index contributed by atoms with van der Waals surface area (Å²) in [6.45, 7) is 7.44. The maximum absolute atomic E-state index is 10.1. The second-order valence-corrected chi connectivity index (χ2v) is 6.42. The van der Waals surface area contributed by atoms with Gasteiger partial charge in [0.05, 0.1) is 0 Å². The second kappa shape index (κ2) is 4.47. The molecule has 18 heavy (non-hydrogen) atoms. The molecular formula is C15H24N2O. The van der Waals surface area contributed by atoms with Crippen molar-refractivity contribution in [2.45, 2.75) is 45.2 Å². The number of nitrogens with zero attached hydrogens (tertiary/aromatic N) is 1. The van der Waals surface area contributed by atoms with Gasteiger partial charge in [0.1, 0.15) is 5.75 Å². The van der Waals surface area contributed by atoms with E-state index in [0.717, 1.165) is 18.5 Å². The normalized spacial score (nSPS) is 21.6. The molecule has 2 rings (SSSR count).